The van der Waals surface area contributed by atoms with Crippen molar-refractivity contribution in [3.63, 3.8) is 0 Å². The highest BCUT2D eigenvalue weighted by atomic mass is 32.1. The van der Waals surface area contributed by atoms with E-state index in [-0.39, 0.29) is 0 Å². The van der Waals surface area contributed by atoms with Crippen molar-refractivity contribution in [2.24, 2.45) is 0 Å². The fourth-order valence-electron chi connectivity index (χ4n) is 2.81. The van der Waals surface area contributed by atoms with Crippen LogP contribution < -0.4 is 5.32 Å². The molecule has 1 saturated carbocycles. The molecule has 1 aromatic rings. The van der Waals surface area contributed by atoms with Crippen LogP contribution in [0.3, 0.4) is 0 Å². The molecule has 3 heteroatoms. The molecule has 0 aromatic carbocycles. The number of thiophene rings is 1. The number of nitrogens with one attached hydrogen (secondary N) is 1. The van der Waals surface area contributed by atoms with E-state index in [0.29, 0.717) is 0 Å². The summed E-state index contributed by atoms with van der Waals surface area (Å²) in [6.45, 7) is 3.49. The summed E-state index contributed by atoms with van der Waals surface area (Å²) in [5.41, 5.74) is 0. The van der Waals surface area contributed by atoms with Crippen molar-refractivity contribution in [3.05, 3.63) is 22.4 Å². The summed E-state index contributed by atoms with van der Waals surface area (Å²) >= 11 is 1.87. The molecular weight excluding hydrogens is 252 g/mol. The maximum absolute atomic E-state index is 3.75. The molecule has 1 N–H and O–H groups in total. The monoisotopic (exact) mass is 280 g/mol. The average molecular weight is 280 g/mol. The summed E-state index contributed by atoms with van der Waals surface area (Å²) in [5.74, 6) is 0. The van der Waals surface area contributed by atoms with Gasteiger partial charge >= 0.3 is 0 Å². The summed E-state index contributed by atoms with van der Waals surface area (Å²) < 4.78 is 0. The highest BCUT2D eigenvalue weighted by molar-refractivity contribution is 7.09. The second kappa shape index (κ2) is 8.72. The van der Waals surface area contributed by atoms with Crippen LogP contribution in [0.5, 0.6) is 0 Å². The highest BCUT2D eigenvalue weighted by Crippen LogP contribution is 2.16. The SMILES string of the molecule is CN(CCNC1CCCCCC1)CCc1cccs1. The van der Waals surface area contributed by atoms with Crippen LogP contribution in [-0.4, -0.2) is 37.6 Å². The number of hydrogen-bond acceptors (Lipinski definition) is 3. The first-order valence-electron chi connectivity index (χ1n) is 7.79. The van der Waals surface area contributed by atoms with Crippen LogP contribution in [0, 0.1) is 0 Å². The molecule has 1 aromatic heterocycles. The average Bonchev–Trinajstić information content (AvgIpc) is 2.80. The fraction of sp³-hybridized carbons (Fsp3) is 0.750. The Kier molecular flexibility index (Phi) is 6.90. The number of hydrogen-bond donors (Lipinski definition) is 1. The maximum atomic E-state index is 3.75. The molecule has 2 rings (SSSR count). The van der Waals surface area contributed by atoms with Gasteiger partial charge in [0.1, 0.15) is 0 Å². The number of likely N-dealkylation sites (N-methyl/N-ethyl adjacent to an activating group) is 1. The Hall–Kier alpha value is -0.380. The fourth-order valence-corrected chi connectivity index (χ4v) is 3.51. The molecule has 19 heavy (non-hydrogen) atoms. The lowest BCUT2D eigenvalue weighted by Crippen LogP contribution is -2.36. The van der Waals surface area contributed by atoms with Gasteiger partial charge in [-0.15, -0.1) is 11.3 Å². The Labute approximate surface area is 122 Å². The Bertz CT molecular complexity index is 315. The van der Waals surface area contributed by atoms with Crippen LogP contribution >= 0.6 is 11.3 Å². The molecule has 0 bridgehead atoms. The van der Waals surface area contributed by atoms with Gasteiger partial charge in [0.25, 0.3) is 0 Å². The predicted molar refractivity (Wildman–Crippen MR) is 85.0 cm³/mol. The van der Waals surface area contributed by atoms with E-state index in [1.807, 2.05) is 11.3 Å². The third-order valence-electron chi connectivity index (χ3n) is 4.10. The van der Waals surface area contributed by atoms with E-state index in [4.69, 9.17) is 0 Å². The van der Waals surface area contributed by atoms with Crippen LogP contribution in [0.4, 0.5) is 0 Å². The lowest BCUT2D eigenvalue weighted by atomic mass is 10.1. The van der Waals surface area contributed by atoms with Crippen molar-refractivity contribution in [1.82, 2.24) is 10.2 Å². The molecule has 0 aliphatic heterocycles. The Morgan fingerprint density at radius 1 is 1.21 bits per heavy atom. The molecule has 0 amide bonds. The number of rotatable bonds is 7. The first-order valence-corrected chi connectivity index (χ1v) is 8.67. The van der Waals surface area contributed by atoms with Gasteiger partial charge in [-0.05, 0) is 37.8 Å². The van der Waals surface area contributed by atoms with E-state index in [1.54, 1.807) is 0 Å². The Morgan fingerprint density at radius 3 is 2.68 bits per heavy atom. The van der Waals surface area contributed by atoms with Gasteiger partial charge in [0, 0.05) is 30.6 Å². The van der Waals surface area contributed by atoms with E-state index in [9.17, 15) is 0 Å². The second-order valence-electron chi connectivity index (χ2n) is 5.78. The van der Waals surface area contributed by atoms with Gasteiger partial charge < -0.3 is 10.2 Å². The lowest BCUT2D eigenvalue weighted by Gasteiger charge is -2.20. The van der Waals surface area contributed by atoms with Gasteiger partial charge in [0.15, 0.2) is 0 Å². The molecular formula is C16H28N2S. The quantitative estimate of drug-likeness (QED) is 0.769. The van der Waals surface area contributed by atoms with Crippen LogP contribution in [0.15, 0.2) is 17.5 Å². The minimum atomic E-state index is 0.785. The van der Waals surface area contributed by atoms with Crippen LogP contribution in [-0.2, 0) is 6.42 Å². The van der Waals surface area contributed by atoms with Crippen molar-refractivity contribution < 1.29 is 0 Å². The zero-order chi connectivity index (χ0) is 13.3. The lowest BCUT2D eigenvalue weighted by molar-refractivity contribution is 0.322. The van der Waals surface area contributed by atoms with E-state index >= 15 is 0 Å². The summed E-state index contributed by atoms with van der Waals surface area (Å²) in [6.07, 6.45) is 9.70. The first kappa shape index (κ1) is 15.0. The summed E-state index contributed by atoms with van der Waals surface area (Å²) in [5, 5.41) is 5.92. The second-order valence-corrected chi connectivity index (χ2v) is 6.81. The van der Waals surface area contributed by atoms with E-state index in [2.05, 4.69) is 34.8 Å². The number of nitrogens with zero attached hydrogens (tertiary/aromatic N) is 1. The normalized spacial score (nSPS) is 17.8. The zero-order valence-electron chi connectivity index (χ0n) is 12.2. The van der Waals surface area contributed by atoms with E-state index in [1.165, 1.54) is 62.9 Å². The van der Waals surface area contributed by atoms with Gasteiger partial charge in [0.05, 0.1) is 0 Å². The van der Waals surface area contributed by atoms with Crippen LogP contribution in [0.1, 0.15) is 43.4 Å². The summed E-state index contributed by atoms with van der Waals surface area (Å²) in [7, 11) is 2.24. The molecule has 2 nitrogen and oxygen atoms in total. The molecule has 0 radical (unpaired) electrons. The Morgan fingerprint density at radius 2 is 2.00 bits per heavy atom. The largest absolute Gasteiger partial charge is 0.313 e. The van der Waals surface area contributed by atoms with Gasteiger partial charge in [-0.3, -0.25) is 0 Å². The molecule has 1 heterocycles. The standard InChI is InChI=1S/C16H28N2S/c1-18(12-10-16-9-6-14-19-16)13-11-17-15-7-4-2-3-5-8-15/h6,9,14-15,17H,2-5,7-8,10-13H2,1H3. The topological polar surface area (TPSA) is 15.3 Å². The Balaban J connectivity index is 1.54. The van der Waals surface area contributed by atoms with Gasteiger partial charge in [-0.1, -0.05) is 31.7 Å². The van der Waals surface area contributed by atoms with Gasteiger partial charge in [-0.2, -0.15) is 0 Å². The smallest absolute Gasteiger partial charge is 0.0104 e. The van der Waals surface area contributed by atoms with Crippen molar-refractivity contribution in [2.75, 3.05) is 26.7 Å². The van der Waals surface area contributed by atoms with Crippen molar-refractivity contribution >= 4 is 11.3 Å². The minimum absolute atomic E-state index is 0.785. The third kappa shape index (κ3) is 6.07. The molecule has 1 aliphatic carbocycles. The van der Waals surface area contributed by atoms with E-state index < -0.39 is 0 Å². The summed E-state index contributed by atoms with van der Waals surface area (Å²) in [4.78, 5) is 3.95. The van der Waals surface area contributed by atoms with Crippen molar-refractivity contribution in [1.29, 1.82) is 0 Å². The van der Waals surface area contributed by atoms with Gasteiger partial charge in [0.2, 0.25) is 0 Å². The van der Waals surface area contributed by atoms with E-state index in [0.717, 1.165) is 12.6 Å². The zero-order valence-corrected chi connectivity index (χ0v) is 13.1. The predicted octanol–water partition coefficient (Wildman–Crippen LogP) is 3.53. The maximum Gasteiger partial charge on any atom is 0.0104 e. The molecule has 0 atom stereocenters. The van der Waals surface area contributed by atoms with Crippen molar-refractivity contribution in [2.45, 2.75) is 51.0 Å². The van der Waals surface area contributed by atoms with Gasteiger partial charge in [-0.25, -0.2) is 0 Å². The minimum Gasteiger partial charge on any atom is -0.313 e. The molecule has 1 fully saturated rings. The molecule has 0 spiro atoms. The van der Waals surface area contributed by atoms with Crippen molar-refractivity contribution in [3.8, 4) is 0 Å². The highest BCUT2D eigenvalue weighted by Gasteiger charge is 2.11. The first-order chi connectivity index (χ1) is 9.34. The summed E-state index contributed by atoms with van der Waals surface area (Å²) in [6, 6.07) is 5.17. The van der Waals surface area contributed by atoms with Crippen LogP contribution in [0.25, 0.3) is 0 Å². The third-order valence-corrected chi connectivity index (χ3v) is 5.04. The molecule has 0 saturated heterocycles. The van der Waals surface area contributed by atoms with Crippen LogP contribution in [0.2, 0.25) is 0 Å². The molecule has 0 unspecified atom stereocenters. The molecule has 108 valence electrons. The molecule has 1 aliphatic rings.